The van der Waals surface area contributed by atoms with Crippen molar-refractivity contribution in [3.63, 3.8) is 0 Å². The molecule has 0 bridgehead atoms. The Morgan fingerprint density at radius 1 is 1.22 bits per heavy atom. The Hall–Kier alpha value is -2.36. The topological polar surface area (TPSA) is 63.9 Å². The van der Waals surface area contributed by atoms with Gasteiger partial charge in [0, 0.05) is 5.56 Å². The third-order valence-corrected chi connectivity index (χ3v) is 2.61. The van der Waals surface area contributed by atoms with Crippen molar-refractivity contribution in [2.24, 2.45) is 15.9 Å². The summed E-state index contributed by atoms with van der Waals surface area (Å²) in [6.07, 6.45) is 1.55. The zero-order chi connectivity index (χ0) is 13.0. The first kappa shape index (κ1) is 12.1. The lowest BCUT2D eigenvalue weighted by Gasteiger charge is -1.95. The predicted molar refractivity (Wildman–Crippen MR) is 72.9 cm³/mol. The maximum Gasteiger partial charge on any atom is 0.153 e. The third-order valence-electron chi connectivity index (χ3n) is 2.61. The van der Waals surface area contributed by atoms with Gasteiger partial charge in [-0.25, -0.2) is 0 Å². The molecular weight excluding hydrogens is 226 g/mol. The molecule has 0 saturated carbocycles. The normalized spacial score (nSPS) is 12.2. The molecule has 1 aromatic heterocycles. The van der Waals surface area contributed by atoms with E-state index in [0.29, 0.717) is 11.6 Å². The number of amidine groups is 1. The Labute approximate surface area is 106 Å². The van der Waals surface area contributed by atoms with Gasteiger partial charge in [-0.05, 0) is 25.5 Å². The number of hydrogen-bond acceptors (Lipinski definition) is 3. The molecule has 2 N–H and O–H groups in total. The standard InChI is InChI=1S/C14H15N3O/c1-10-8-13(18-11(10)2)9-16-17-14(15)12-6-4-3-5-7-12/h3-9H,1-2H3,(H2,15,17). The summed E-state index contributed by atoms with van der Waals surface area (Å²) in [6, 6.07) is 11.4. The highest BCUT2D eigenvalue weighted by Crippen LogP contribution is 2.11. The van der Waals surface area contributed by atoms with Gasteiger partial charge in [0.2, 0.25) is 0 Å². The SMILES string of the molecule is Cc1cc(C=NN=C(N)c2ccccc2)oc1C. The largest absolute Gasteiger partial charge is 0.460 e. The second-order valence-electron chi connectivity index (χ2n) is 3.98. The molecule has 0 fully saturated rings. The molecule has 0 aliphatic heterocycles. The monoisotopic (exact) mass is 241 g/mol. The van der Waals surface area contributed by atoms with E-state index in [9.17, 15) is 0 Å². The fourth-order valence-corrected chi connectivity index (χ4v) is 1.48. The van der Waals surface area contributed by atoms with Gasteiger partial charge in [-0.3, -0.25) is 0 Å². The van der Waals surface area contributed by atoms with E-state index < -0.39 is 0 Å². The molecule has 0 saturated heterocycles. The molecule has 92 valence electrons. The predicted octanol–water partition coefficient (Wildman–Crippen LogP) is 2.64. The molecule has 1 aromatic carbocycles. The van der Waals surface area contributed by atoms with Crippen LogP contribution in [0, 0.1) is 13.8 Å². The highest BCUT2D eigenvalue weighted by atomic mass is 16.3. The number of nitrogens with two attached hydrogens (primary N) is 1. The Morgan fingerprint density at radius 2 is 1.94 bits per heavy atom. The van der Waals surface area contributed by atoms with E-state index in [4.69, 9.17) is 10.2 Å². The van der Waals surface area contributed by atoms with Crippen LogP contribution in [-0.4, -0.2) is 12.1 Å². The van der Waals surface area contributed by atoms with Crippen molar-refractivity contribution in [1.82, 2.24) is 0 Å². The summed E-state index contributed by atoms with van der Waals surface area (Å²) >= 11 is 0. The van der Waals surface area contributed by atoms with Crippen LogP contribution in [0.15, 0.2) is 51.0 Å². The lowest BCUT2D eigenvalue weighted by atomic mass is 10.2. The molecule has 1 heterocycles. The van der Waals surface area contributed by atoms with E-state index in [-0.39, 0.29) is 0 Å². The van der Waals surface area contributed by atoms with E-state index in [1.54, 1.807) is 6.21 Å². The van der Waals surface area contributed by atoms with E-state index in [0.717, 1.165) is 16.9 Å². The molecule has 18 heavy (non-hydrogen) atoms. The number of hydrogen-bond donors (Lipinski definition) is 1. The first-order valence-electron chi connectivity index (χ1n) is 5.66. The van der Waals surface area contributed by atoms with Gasteiger partial charge in [-0.15, -0.1) is 5.10 Å². The second kappa shape index (κ2) is 5.31. The van der Waals surface area contributed by atoms with Crippen molar-refractivity contribution < 1.29 is 4.42 Å². The summed E-state index contributed by atoms with van der Waals surface area (Å²) in [6.45, 7) is 3.89. The molecule has 0 aliphatic carbocycles. The van der Waals surface area contributed by atoms with Crippen molar-refractivity contribution in [2.45, 2.75) is 13.8 Å². The van der Waals surface area contributed by atoms with Crippen molar-refractivity contribution in [2.75, 3.05) is 0 Å². The molecule has 0 aliphatic rings. The lowest BCUT2D eigenvalue weighted by molar-refractivity contribution is 0.525. The summed E-state index contributed by atoms with van der Waals surface area (Å²) in [7, 11) is 0. The summed E-state index contributed by atoms with van der Waals surface area (Å²) in [5, 5.41) is 7.85. The van der Waals surface area contributed by atoms with Gasteiger partial charge in [0.05, 0.1) is 6.21 Å². The number of benzene rings is 1. The molecule has 0 unspecified atom stereocenters. The smallest absolute Gasteiger partial charge is 0.153 e. The Bertz CT molecular complexity index is 563. The fraction of sp³-hybridized carbons (Fsp3) is 0.143. The molecule has 0 radical (unpaired) electrons. The number of nitrogens with zero attached hydrogens (tertiary/aromatic N) is 2. The van der Waals surface area contributed by atoms with Crippen molar-refractivity contribution in [3.8, 4) is 0 Å². The van der Waals surface area contributed by atoms with Gasteiger partial charge >= 0.3 is 0 Å². The molecule has 2 rings (SSSR count). The van der Waals surface area contributed by atoms with Gasteiger partial charge in [0.1, 0.15) is 11.5 Å². The minimum atomic E-state index is 0.381. The first-order valence-corrected chi connectivity index (χ1v) is 5.66. The molecule has 4 heteroatoms. The van der Waals surface area contributed by atoms with E-state index in [1.165, 1.54) is 0 Å². The van der Waals surface area contributed by atoms with Gasteiger partial charge in [0.25, 0.3) is 0 Å². The minimum Gasteiger partial charge on any atom is -0.460 e. The summed E-state index contributed by atoms with van der Waals surface area (Å²) in [4.78, 5) is 0. The van der Waals surface area contributed by atoms with Crippen LogP contribution < -0.4 is 5.73 Å². The third kappa shape index (κ3) is 2.85. The Balaban J connectivity index is 2.11. The molecule has 0 amide bonds. The molecular formula is C14H15N3O. The highest BCUT2D eigenvalue weighted by Gasteiger charge is 2.00. The van der Waals surface area contributed by atoms with E-state index in [2.05, 4.69) is 10.2 Å². The van der Waals surface area contributed by atoms with Crippen LogP contribution in [0.25, 0.3) is 0 Å². The molecule has 0 atom stereocenters. The molecule has 2 aromatic rings. The van der Waals surface area contributed by atoms with Gasteiger partial charge in [-0.1, -0.05) is 30.3 Å². The maximum absolute atomic E-state index is 5.80. The zero-order valence-electron chi connectivity index (χ0n) is 10.4. The highest BCUT2D eigenvalue weighted by molar-refractivity contribution is 5.97. The van der Waals surface area contributed by atoms with E-state index >= 15 is 0 Å². The summed E-state index contributed by atoms with van der Waals surface area (Å²) < 4.78 is 5.44. The van der Waals surface area contributed by atoms with Crippen LogP contribution in [0.1, 0.15) is 22.6 Å². The number of rotatable bonds is 3. The quantitative estimate of drug-likeness (QED) is 0.510. The van der Waals surface area contributed by atoms with Crippen molar-refractivity contribution >= 4 is 12.1 Å². The number of aryl methyl sites for hydroxylation is 2. The van der Waals surface area contributed by atoms with Crippen LogP contribution in [0.4, 0.5) is 0 Å². The van der Waals surface area contributed by atoms with Crippen LogP contribution in [-0.2, 0) is 0 Å². The lowest BCUT2D eigenvalue weighted by Crippen LogP contribution is -2.12. The first-order chi connectivity index (χ1) is 8.66. The van der Waals surface area contributed by atoms with Crippen LogP contribution in [0.3, 0.4) is 0 Å². The second-order valence-corrected chi connectivity index (χ2v) is 3.98. The van der Waals surface area contributed by atoms with Gasteiger partial charge in [0.15, 0.2) is 5.84 Å². The Morgan fingerprint density at radius 3 is 2.56 bits per heavy atom. The Kier molecular flexibility index (Phi) is 3.57. The maximum atomic E-state index is 5.80. The zero-order valence-corrected chi connectivity index (χ0v) is 10.4. The summed E-state index contributed by atoms with van der Waals surface area (Å²) in [5.41, 5.74) is 7.74. The van der Waals surface area contributed by atoms with Gasteiger partial charge in [-0.2, -0.15) is 5.10 Å². The average molecular weight is 241 g/mol. The fourth-order valence-electron chi connectivity index (χ4n) is 1.48. The van der Waals surface area contributed by atoms with E-state index in [1.807, 2.05) is 50.2 Å². The van der Waals surface area contributed by atoms with Crippen molar-refractivity contribution in [3.05, 3.63) is 59.0 Å². The minimum absolute atomic E-state index is 0.381. The van der Waals surface area contributed by atoms with Crippen LogP contribution in [0.2, 0.25) is 0 Å². The molecule has 0 spiro atoms. The summed E-state index contributed by atoms with van der Waals surface area (Å²) in [5.74, 6) is 1.94. The van der Waals surface area contributed by atoms with Crippen LogP contribution >= 0.6 is 0 Å². The van der Waals surface area contributed by atoms with Gasteiger partial charge < -0.3 is 10.2 Å². The number of furan rings is 1. The molecule has 4 nitrogen and oxygen atoms in total. The van der Waals surface area contributed by atoms with Crippen molar-refractivity contribution in [1.29, 1.82) is 0 Å². The van der Waals surface area contributed by atoms with Crippen LogP contribution in [0.5, 0.6) is 0 Å². The average Bonchev–Trinajstić information content (AvgIpc) is 2.69.